The molecule has 2 fully saturated rings. The lowest BCUT2D eigenvalue weighted by molar-refractivity contribution is 0.165. The summed E-state index contributed by atoms with van der Waals surface area (Å²) in [5.41, 5.74) is 0. The molecule has 64 valence electrons. The lowest BCUT2D eigenvalue weighted by atomic mass is 9.68. The molecule has 2 unspecified atom stereocenters. The van der Waals surface area contributed by atoms with Gasteiger partial charge in [-0.15, -0.1) is 0 Å². The lowest BCUT2D eigenvalue weighted by Gasteiger charge is -2.42. The minimum atomic E-state index is 0.487. The monoisotopic (exact) mass is 216 g/mol. The van der Waals surface area contributed by atoms with E-state index in [1.54, 1.807) is 0 Å². The molecule has 0 nitrogen and oxygen atoms in total. The van der Waals surface area contributed by atoms with Gasteiger partial charge >= 0.3 is 0 Å². The summed E-state index contributed by atoms with van der Waals surface area (Å²) >= 11 is 3.85. The molecule has 3 atom stereocenters. The molecular formula is C10H17Br. The highest BCUT2D eigenvalue weighted by molar-refractivity contribution is 9.10. The summed E-state index contributed by atoms with van der Waals surface area (Å²) in [6.07, 6.45) is 8.86. The molecule has 0 N–H and O–H groups in total. The third kappa shape index (κ3) is 1.80. The largest absolute Gasteiger partial charge is 0.0856 e. The van der Waals surface area contributed by atoms with Crippen LogP contribution in [0.2, 0.25) is 0 Å². The van der Waals surface area contributed by atoms with Gasteiger partial charge in [-0.25, -0.2) is 0 Å². The number of fused-ring (bicyclic) bond motifs is 2. The van der Waals surface area contributed by atoms with Crippen LogP contribution < -0.4 is 0 Å². The molecule has 2 saturated carbocycles. The van der Waals surface area contributed by atoms with Gasteiger partial charge in [-0.05, 0) is 38.0 Å². The van der Waals surface area contributed by atoms with Gasteiger partial charge in [-0.2, -0.15) is 0 Å². The molecule has 1 heteroatoms. The number of hydrogen-bond acceptors (Lipinski definition) is 0. The lowest BCUT2D eigenvalue weighted by Crippen LogP contribution is -2.34. The molecule has 2 aliphatic rings. The molecule has 0 aromatic carbocycles. The molecule has 0 aromatic rings. The summed E-state index contributed by atoms with van der Waals surface area (Å²) in [5.74, 6) is 2.10. The fourth-order valence-corrected chi connectivity index (χ4v) is 3.98. The van der Waals surface area contributed by atoms with E-state index in [2.05, 4.69) is 22.9 Å². The first kappa shape index (κ1) is 8.10. The number of halogens is 1. The molecule has 0 amide bonds. The molecule has 0 spiro atoms. The van der Waals surface area contributed by atoms with E-state index in [1.165, 1.54) is 38.5 Å². The average Bonchev–Trinajstić information content (AvgIpc) is 1.82. The molecule has 2 aliphatic carbocycles. The van der Waals surface area contributed by atoms with Gasteiger partial charge in [0.25, 0.3) is 0 Å². The van der Waals surface area contributed by atoms with Crippen molar-refractivity contribution in [3.63, 3.8) is 0 Å². The Balaban J connectivity index is 2.05. The topological polar surface area (TPSA) is 0 Å². The Hall–Kier alpha value is 0.480. The summed E-state index contributed by atoms with van der Waals surface area (Å²) in [7, 11) is 0. The summed E-state index contributed by atoms with van der Waals surface area (Å²) < 4.78 is 0.487. The SMILES string of the molecule is CC1(Br)CC2CCC[C@@H](C2)C1. The highest BCUT2D eigenvalue weighted by atomic mass is 79.9. The Labute approximate surface area is 77.9 Å². The van der Waals surface area contributed by atoms with E-state index in [-0.39, 0.29) is 0 Å². The normalized spacial score (nSPS) is 50.7. The van der Waals surface area contributed by atoms with Crippen LogP contribution in [0.4, 0.5) is 0 Å². The van der Waals surface area contributed by atoms with Crippen molar-refractivity contribution in [1.82, 2.24) is 0 Å². The van der Waals surface area contributed by atoms with Gasteiger partial charge in [-0.3, -0.25) is 0 Å². The van der Waals surface area contributed by atoms with Crippen molar-refractivity contribution in [2.75, 3.05) is 0 Å². The van der Waals surface area contributed by atoms with Crippen LogP contribution in [-0.4, -0.2) is 4.32 Å². The molecular weight excluding hydrogens is 200 g/mol. The Morgan fingerprint density at radius 2 is 1.73 bits per heavy atom. The van der Waals surface area contributed by atoms with E-state index >= 15 is 0 Å². The first-order valence-corrected chi connectivity index (χ1v) is 5.64. The quantitative estimate of drug-likeness (QED) is 0.542. The van der Waals surface area contributed by atoms with Crippen LogP contribution in [0.1, 0.15) is 45.4 Å². The van der Waals surface area contributed by atoms with Crippen LogP contribution in [0.25, 0.3) is 0 Å². The van der Waals surface area contributed by atoms with Crippen molar-refractivity contribution in [3.8, 4) is 0 Å². The maximum absolute atomic E-state index is 3.85. The van der Waals surface area contributed by atoms with Crippen LogP contribution in [0.15, 0.2) is 0 Å². The van der Waals surface area contributed by atoms with Crippen LogP contribution in [0.3, 0.4) is 0 Å². The predicted octanol–water partition coefficient (Wildman–Crippen LogP) is 3.74. The predicted molar refractivity (Wildman–Crippen MR) is 52.0 cm³/mol. The van der Waals surface area contributed by atoms with Crippen molar-refractivity contribution < 1.29 is 0 Å². The zero-order chi connectivity index (χ0) is 7.90. The van der Waals surface area contributed by atoms with E-state index in [4.69, 9.17) is 0 Å². The third-order valence-electron chi connectivity index (χ3n) is 3.32. The number of rotatable bonds is 0. The van der Waals surface area contributed by atoms with Gasteiger partial charge in [0, 0.05) is 4.32 Å². The van der Waals surface area contributed by atoms with Crippen molar-refractivity contribution in [1.29, 1.82) is 0 Å². The Morgan fingerprint density at radius 3 is 2.27 bits per heavy atom. The van der Waals surface area contributed by atoms with Gasteiger partial charge in [0.2, 0.25) is 0 Å². The van der Waals surface area contributed by atoms with E-state index < -0.39 is 0 Å². The Bertz CT molecular complexity index is 137. The highest BCUT2D eigenvalue weighted by Gasteiger charge is 2.37. The molecule has 2 rings (SSSR count). The molecule has 2 bridgehead atoms. The summed E-state index contributed by atoms with van der Waals surface area (Å²) in [4.78, 5) is 0. The second-order valence-corrected chi connectivity index (χ2v) is 6.63. The zero-order valence-corrected chi connectivity index (χ0v) is 8.86. The van der Waals surface area contributed by atoms with Gasteiger partial charge in [0.1, 0.15) is 0 Å². The van der Waals surface area contributed by atoms with Gasteiger partial charge < -0.3 is 0 Å². The fraction of sp³-hybridized carbons (Fsp3) is 1.00. The van der Waals surface area contributed by atoms with Crippen LogP contribution in [0, 0.1) is 11.8 Å². The summed E-state index contributed by atoms with van der Waals surface area (Å²) in [6, 6.07) is 0. The van der Waals surface area contributed by atoms with Crippen molar-refractivity contribution >= 4 is 15.9 Å². The molecule has 11 heavy (non-hydrogen) atoms. The molecule has 0 aliphatic heterocycles. The zero-order valence-electron chi connectivity index (χ0n) is 7.28. The maximum atomic E-state index is 3.85. The maximum Gasteiger partial charge on any atom is 0.0235 e. The summed E-state index contributed by atoms with van der Waals surface area (Å²) in [5, 5.41) is 0. The first-order chi connectivity index (χ1) is 5.16. The van der Waals surface area contributed by atoms with E-state index in [9.17, 15) is 0 Å². The molecule has 0 saturated heterocycles. The third-order valence-corrected chi connectivity index (χ3v) is 3.97. The second kappa shape index (κ2) is 2.76. The molecule has 0 heterocycles. The van der Waals surface area contributed by atoms with E-state index in [0.29, 0.717) is 4.32 Å². The van der Waals surface area contributed by atoms with Gasteiger partial charge in [0.15, 0.2) is 0 Å². The number of hydrogen-bond donors (Lipinski definition) is 0. The smallest absolute Gasteiger partial charge is 0.0235 e. The van der Waals surface area contributed by atoms with Gasteiger partial charge in [0.05, 0.1) is 0 Å². The van der Waals surface area contributed by atoms with Crippen molar-refractivity contribution in [3.05, 3.63) is 0 Å². The van der Waals surface area contributed by atoms with Crippen molar-refractivity contribution in [2.45, 2.75) is 49.8 Å². The Morgan fingerprint density at radius 1 is 1.18 bits per heavy atom. The van der Waals surface area contributed by atoms with Crippen LogP contribution in [0.5, 0.6) is 0 Å². The molecule has 0 aromatic heterocycles. The molecule has 0 radical (unpaired) electrons. The van der Waals surface area contributed by atoms with Crippen LogP contribution >= 0.6 is 15.9 Å². The highest BCUT2D eigenvalue weighted by Crippen LogP contribution is 2.47. The van der Waals surface area contributed by atoms with Crippen molar-refractivity contribution in [2.24, 2.45) is 11.8 Å². The number of alkyl halides is 1. The minimum Gasteiger partial charge on any atom is -0.0856 e. The Kier molecular flexibility index (Phi) is 2.03. The van der Waals surface area contributed by atoms with Crippen LogP contribution in [-0.2, 0) is 0 Å². The van der Waals surface area contributed by atoms with E-state index in [0.717, 1.165) is 11.8 Å². The summed E-state index contributed by atoms with van der Waals surface area (Å²) in [6.45, 7) is 2.37. The fourth-order valence-electron chi connectivity index (χ4n) is 3.06. The standard InChI is InChI=1S/C10H17Br/c1-10(11)6-8-3-2-4-9(5-8)7-10/h8-9H,2-7H2,1H3/t8-,9?,10?/m0/s1. The second-order valence-electron chi connectivity index (χ2n) is 4.72. The average molecular weight is 217 g/mol. The first-order valence-electron chi connectivity index (χ1n) is 4.85. The van der Waals surface area contributed by atoms with Gasteiger partial charge in [-0.1, -0.05) is 35.2 Å². The minimum absolute atomic E-state index is 0.487. The van der Waals surface area contributed by atoms with E-state index in [1.807, 2.05) is 0 Å².